The number of nitrogens with one attached hydrogen (secondary N) is 1. The molecule has 0 amide bonds. The van der Waals surface area contributed by atoms with Gasteiger partial charge in [-0.3, -0.25) is 4.90 Å². The number of rotatable bonds is 3. The van der Waals surface area contributed by atoms with Crippen molar-refractivity contribution in [2.45, 2.75) is 39.8 Å². The highest BCUT2D eigenvalue weighted by Crippen LogP contribution is 2.10. The van der Waals surface area contributed by atoms with Gasteiger partial charge in [-0.1, -0.05) is 19.0 Å². The average Bonchev–Trinajstić information content (AvgIpc) is 2.54. The molecule has 5 heteroatoms. The normalized spacial score (nSPS) is 22.9. The summed E-state index contributed by atoms with van der Waals surface area (Å²) < 4.78 is 5.01. The molecule has 0 spiro atoms. The van der Waals surface area contributed by atoms with E-state index in [1.807, 2.05) is 6.92 Å². The summed E-state index contributed by atoms with van der Waals surface area (Å²) in [5, 5.41) is 7.56. The van der Waals surface area contributed by atoms with Crippen LogP contribution in [0.5, 0.6) is 0 Å². The fraction of sp³-hybridized carbons (Fsp3) is 0.833. The molecule has 5 nitrogen and oxygen atoms in total. The Kier molecular flexibility index (Phi) is 4.12. The molecule has 1 fully saturated rings. The van der Waals surface area contributed by atoms with Gasteiger partial charge in [0.15, 0.2) is 5.82 Å². The summed E-state index contributed by atoms with van der Waals surface area (Å²) >= 11 is 0. The molecule has 1 N–H and O–H groups in total. The smallest absolute Gasteiger partial charge is 0.223 e. The minimum absolute atomic E-state index is 0.561. The first-order valence-electron chi connectivity index (χ1n) is 6.40. The molecule has 0 saturated carbocycles. The van der Waals surface area contributed by atoms with Gasteiger partial charge in [0, 0.05) is 19.5 Å². The van der Waals surface area contributed by atoms with Gasteiger partial charge in [-0.15, -0.1) is 0 Å². The van der Waals surface area contributed by atoms with Crippen molar-refractivity contribution >= 4 is 0 Å². The minimum atomic E-state index is 0.561. The lowest BCUT2D eigenvalue weighted by Gasteiger charge is -2.25. The van der Waals surface area contributed by atoms with Crippen LogP contribution in [0.2, 0.25) is 0 Å². The number of nitrogens with zero attached hydrogens (tertiary/aromatic N) is 3. The summed E-state index contributed by atoms with van der Waals surface area (Å²) in [6.07, 6.45) is 1.18. The maximum atomic E-state index is 5.01. The van der Waals surface area contributed by atoms with Gasteiger partial charge in [-0.25, -0.2) is 0 Å². The molecule has 1 aliphatic rings. The fourth-order valence-electron chi connectivity index (χ4n) is 2.22. The highest BCUT2D eigenvalue weighted by Gasteiger charge is 2.21. The van der Waals surface area contributed by atoms with Crippen LogP contribution in [0.25, 0.3) is 0 Å². The Morgan fingerprint density at radius 2 is 2.35 bits per heavy atom. The van der Waals surface area contributed by atoms with E-state index in [2.05, 4.69) is 34.2 Å². The van der Waals surface area contributed by atoms with Crippen molar-refractivity contribution in [3.05, 3.63) is 11.7 Å². The highest BCUT2D eigenvalue weighted by molar-refractivity contribution is 4.86. The Hall–Kier alpha value is -0.940. The number of aryl methyl sites for hydroxylation is 1. The van der Waals surface area contributed by atoms with E-state index in [4.69, 9.17) is 4.52 Å². The molecule has 2 heterocycles. The topological polar surface area (TPSA) is 54.2 Å². The Labute approximate surface area is 103 Å². The predicted octanol–water partition coefficient (Wildman–Crippen LogP) is 1.20. The second kappa shape index (κ2) is 5.60. The monoisotopic (exact) mass is 238 g/mol. The molecule has 0 bridgehead atoms. The van der Waals surface area contributed by atoms with Gasteiger partial charge >= 0.3 is 0 Å². The van der Waals surface area contributed by atoms with E-state index in [9.17, 15) is 0 Å². The van der Waals surface area contributed by atoms with E-state index in [0.717, 1.165) is 32.0 Å². The Bertz CT molecular complexity index is 350. The van der Waals surface area contributed by atoms with Gasteiger partial charge < -0.3 is 9.84 Å². The van der Waals surface area contributed by atoms with E-state index < -0.39 is 0 Å². The van der Waals surface area contributed by atoms with Gasteiger partial charge in [0.05, 0.1) is 6.54 Å². The van der Waals surface area contributed by atoms with Crippen molar-refractivity contribution < 1.29 is 4.52 Å². The Balaban J connectivity index is 1.94. The summed E-state index contributed by atoms with van der Waals surface area (Å²) in [5.74, 6) is 2.10. The fourth-order valence-corrected chi connectivity index (χ4v) is 2.22. The largest absolute Gasteiger partial charge is 0.340 e. The molecular formula is C12H22N4O. The molecule has 0 aliphatic carbocycles. The minimum Gasteiger partial charge on any atom is -0.340 e. The van der Waals surface area contributed by atoms with Crippen molar-refractivity contribution in [1.82, 2.24) is 20.4 Å². The van der Waals surface area contributed by atoms with E-state index in [0.29, 0.717) is 17.9 Å². The molecule has 0 aromatic carbocycles. The molecule has 1 aromatic heterocycles. The van der Waals surface area contributed by atoms with Gasteiger partial charge in [0.1, 0.15) is 0 Å². The second-order valence-corrected chi connectivity index (χ2v) is 5.12. The first-order valence-corrected chi connectivity index (χ1v) is 6.40. The lowest BCUT2D eigenvalue weighted by atomic mass is 10.0. The molecule has 1 aliphatic heterocycles. The third-order valence-corrected chi connectivity index (χ3v) is 3.25. The van der Waals surface area contributed by atoms with Gasteiger partial charge in [0.2, 0.25) is 5.89 Å². The molecule has 2 rings (SSSR count). The highest BCUT2D eigenvalue weighted by atomic mass is 16.5. The quantitative estimate of drug-likeness (QED) is 0.857. The number of hydrogen-bond donors (Lipinski definition) is 1. The number of aromatic nitrogens is 2. The van der Waals surface area contributed by atoms with Crippen molar-refractivity contribution in [3.8, 4) is 0 Å². The van der Waals surface area contributed by atoms with Crippen LogP contribution >= 0.6 is 0 Å². The first kappa shape index (κ1) is 12.5. The van der Waals surface area contributed by atoms with E-state index in [1.54, 1.807) is 0 Å². The van der Waals surface area contributed by atoms with Crippen molar-refractivity contribution in [2.75, 3.05) is 19.6 Å². The van der Waals surface area contributed by atoms with Crippen LogP contribution in [-0.4, -0.2) is 40.7 Å². The van der Waals surface area contributed by atoms with Crippen molar-refractivity contribution in [3.63, 3.8) is 0 Å². The molecular weight excluding hydrogens is 216 g/mol. The molecule has 1 atom stereocenters. The van der Waals surface area contributed by atoms with E-state index in [1.165, 1.54) is 6.42 Å². The summed E-state index contributed by atoms with van der Waals surface area (Å²) in [5.41, 5.74) is 0. The van der Waals surface area contributed by atoms with Crippen LogP contribution in [0.1, 0.15) is 32.0 Å². The van der Waals surface area contributed by atoms with E-state index >= 15 is 0 Å². The van der Waals surface area contributed by atoms with Crippen molar-refractivity contribution in [1.29, 1.82) is 0 Å². The van der Waals surface area contributed by atoms with E-state index in [-0.39, 0.29) is 0 Å². The molecule has 0 radical (unpaired) electrons. The maximum absolute atomic E-state index is 5.01. The zero-order chi connectivity index (χ0) is 12.3. The molecule has 1 aromatic rings. The van der Waals surface area contributed by atoms with Gasteiger partial charge in [-0.05, 0) is 25.4 Å². The van der Waals surface area contributed by atoms with Crippen LogP contribution in [-0.2, 0) is 6.54 Å². The zero-order valence-corrected chi connectivity index (χ0v) is 10.9. The van der Waals surface area contributed by atoms with Crippen molar-refractivity contribution in [2.24, 2.45) is 5.92 Å². The van der Waals surface area contributed by atoms with Crippen LogP contribution in [0.15, 0.2) is 4.52 Å². The molecule has 1 unspecified atom stereocenters. The maximum Gasteiger partial charge on any atom is 0.223 e. The van der Waals surface area contributed by atoms with Gasteiger partial charge in [-0.2, -0.15) is 4.98 Å². The standard InChI is InChI=1S/C12H22N4O/c1-9(2)11-7-16(6-4-5-13-11)8-12-14-10(3)17-15-12/h9,11,13H,4-8H2,1-3H3. The Morgan fingerprint density at radius 3 is 3.00 bits per heavy atom. The van der Waals surface area contributed by atoms with Crippen LogP contribution in [0.4, 0.5) is 0 Å². The third-order valence-electron chi connectivity index (χ3n) is 3.25. The summed E-state index contributed by atoms with van der Waals surface area (Å²) in [4.78, 5) is 6.68. The number of hydrogen-bond acceptors (Lipinski definition) is 5. The van der Waals surface area contributed by atoms with Crippen LogP contribution in [0, 0.1) is 12.8 Å². The molecule has 1 saturated heterocycles. The zero-order valence-electron chi connectivity index (χ0n) is 10.9. The Morgan fingerprint density at radius 1 is 1.53 bits per heavy atom. The first-order chi connectivity index (χ1) is 8.15. The third kappa shape index (κ3) is 3.51. The average molecular weight is 238 g/mol. The molecule has 17 heavy (non-hydrogen) atoms. The second-order valence-electron chi connectivity index (χ2n) is 5.12. The van der Waals surface area contributed by atoms with Gasteiger partial charge in [0.25, 0.3) is 0 Å². The lowest BCUT2D eigenvalue weighted by molar-refractivity contribution is 0.230. The van der Waals surface area contributed by atoms with Crippen LogP contribution in [0.3, 0.4) is 0 Å². The molecule has 96 valence electrons. The summed E-state index contributed by atoms with van der Waals surface area (Å²) in [7, 11) is 0. The SMILES string of the molecule is Cc1nc(CN2CCCNC(C(C)C)C2)no1. The summed E-state index contributed by atoms with van der Waals surface area (Å²) in [6, 6.07) is 0.561. The van der Waals surface area contributed by atoms with Crippen LogP contribution < -0.4 is 5.32 Å². The predicted molar refractivity (Wildman–Crippen MR) is 65.6 cm³/mol. The summed E-state index contributed by atoms with van der Waals surface area (Å²) in [6.45, 7) is 10.4. The lowest BCUT2D eigenvalue weighted by Crippen LogP contribution is -2.41.